The van der Waals surface area contributed by atoms with Crippen molar-refractivity contribution in [2.24, 2.45) is 5.73 Å². The number of benzene rings is 6. The highest BCUT2D eigenvalue weighted by Crippen LogP contribution is 2.38. The van der Waals surface area contributed by atoms with Gasteiger partial charge in [-0.2, -0.15) is 0 Å². The minimum absolute atomic E-state index is 0.00848. The van der Waals surface area contributed by atoms with Crippen molar-refractivity contribution >= 4 is 34.4 Å². The van der Waals surface area contributed by atoms with E-state index in [9.17, 15) is 10.2 Å². The molecule has 0 fully saturated rings. The summed E-state index contributed by atoms with van der Waals surface area (Å²) in [4.78, 5) is 21.8. The number of hydrogen-bond acceptors (Lipinski definition) is 9. The molecule has 6 N–H and O–H groups in total. The van der Waals surface area contributed by atoms with E-state index in [1.54, 1.807) is 24.3 Å². The van der Waals surface area contributed by atoms with E-state index in [1.165, 1.54) is 0 Å². The lowest BCUT2D eigenvalue weighted by Gasteiger charge is -2.14. The first kappa shape index (κ1) is 39.0. The van der Waals surface area contributed by atoms with Gasteiger partial charge in [0.05, 0.1) is 6.57 Å². The maximum Gasteiger partial charge on any atom is 0.187 e. The van der Waals surface area contributed by atoms with Gasteiger partial charge in [0, 0.05) is 39.3 Å². The fourth-order valence-corrected chi connectivity index (χ4v) is 6.00. The van der Waals surface area contributed by atoms with Crippen LogP contribution in [0.4, 0.5) is 28.7 Å². The van der Waals surface area contributed by atoms with Crippen LogP contribution in [-0.4, -0.2) is 30.1 Å². The molecule has 59 heavy (non-hydrogen) atoms. The lowest BCUT2D eigenvalue weighted by molar-refractivity contribution is 0.475. The minimum Gasteiger partial charge on any atom is -0.503 e. The van der Waals surface area contributed by atoms with E-state index in [2.05, 4.69) is 42.0 Å². The van der Waals surface area contributed by atoms with E-state index >= 15 is 0 Å². The number of anilines is 4. The largest absolute Gasteiger partial charge is 0.503 e. The first-order valence-corrected chi connectivity index (χ1v) is 18.7. The van der Waals surface area contributed by atoms with Gasteiger partial charge in [0.1, 0.15) is 11.4 Å². The summed E-state index contributed by atoms with van der Waals surface area (Å²) >= 11 is 0. The molecular weight excluding hydrogens is 733 g/mol. The Hall–Kier alpha value is -8.29. The molecule has 0 spiro atoms. The normalized spacial score (nSPS) is 10.5. The molecular formula is C49H40N8O2. The highest BCUT2D eigenvalue weighted by molar-refractivity contribution is 5.79. The monoisotopic (exact) mass is 772 g/mol. The standard InChI is InChI=1S/C25H22N4O.C24H18N4O/c1-16-8-10-19(11-9-16)22-23(30)25(27-21-14-12-18(13-15-21)17(2)26)29-24(28-22)20-6-4-3-5-7-20;1-16-8-10-17(11-9-16)21-22(29)24(26-20-14-12-19(25-2)13-15-20)28-23(27-21)18-6-4-3-5-7-18/h3-15,30H,2,26H2,1H3,(H,27,28,29);3-15,29H,1H3,(H,26,27,28). The summed E-state index contributed by atoms with van der Waals surface area (Å²) in [6.45, 7) is 14.9. The van der Waals surface area contributed by atoms with Gasteiger partial charge in [-0.05, 0) is 43.7 Å². The first-order chi connectivity index (χ1) is 28.6. The smallest absolute Gasteiger partial charge is 0.187 e. The van der Waals surface area contributed by atoms with Crippen molar-refractivity contribution in [2.75, 3.05) is 10.6 Å². The molecule has 0 aliphatic heterocycles. The Bertz CT molecular complexity index is 2750. The molecule has 0 saturated heterocycles. The number of hydrogen-bond donors (Lipinski definition) is 5. The van der Waals surface area contributed by atoms with Crippen LogP contribution in [0.5, 0.6) is 11.5 Å². The number of nitrogens with zero attached hydrogens (tertiary/aromatic N) is 5. The van der Waals surface area contributed by atoms with Gasteiger partial charge < -0.3 is 26.6 Å². The molecule has 0 aliphatic rings. The summed E-state index contributed by atoms with van der Waals surface area (Å²) in [7, 11) is 0. The van der Waals surface area contributed by atoms with E-state index < -0.39 is 0 Å². The molecule has 0 saturated carbocycles. The topological polar surface area (TPSA) is 146 Å². The summed E-state index contributed by atoms with van der Waals surface area (Å²) in [5.74, 6) is 1.65. The molecule has 0 aliphatic carbocycles. The Morgan fingerprint density at radius 1 is 0.525 bits per heavy atom. The zero-order chi connectivity index (χ0) is 41.3. The van der Waals surface area contributed by atoms with E-state index in [1.807, 2.05) is 147 Å². The molecule has 0 bridgehead atoms. The number of nitrogens with one attached hydrogen (secondary N) is 2. The van der Waals surface area contributed by atoms with Crippen LogP contribution in [0.15, 0.2) is 164 Å². The summed E-state index contributed by atoms with van der Waals surface area (Å²) in [5, 5.41) is 28.2. The van der Waals surface area contributed by atoms with E-state index in [4.69, 9.17) is 12.3 Å². The molecule has 2 heterocycles. The second kappa shape index (κ2) is 17.7. The number of aromatic nitrogens is 4. The third-order valence-electron chi connectivity index (χ3n) is 9.26. The Balaban J connectivity index is 0.000000179. The van der Waals surface area contributed by atoms with Crippen LogP contribution in [0.25, 0.3) is 55.8 Å². The van der Waals surface area contributed by atoms with Crippen molar-refractivity contribution in [1.82, 2.24) is 19.9 Å². The van der Waals surface area contributed by atoms with Crippen molar-refractivity contribution in [3.8, 4) is 56.8 Å². The fraction of sp³-hybridized carbons (Fsp3) is 0.0408. The minimum atomic E-state index is -0.0252. The predicted octanol–water partition coefficient (Wildman–Crippen LogP) is 11.6. The first-order valence-electron chi connectivity index (χ1n) is 18.7. The van der Waals surface area contributed by atoms with E-state index in [-0.39, 0.29) is 11.5 Å². The molecule has 2 aromatic heterocycles. The summed E-state index contributed by atoms with van der Waals surface area (Å²) in [6, 6.07) is 49.5. The quantitative estimate of drug-likeness (QED) is 0.0905. The van der Waals surface area contributed by atoms with Gasteiger partial charge >= 0.3 is 0 Å². The molecule has 0 radical (unpaired) electrons. The van der Waals surface area contributed by atoms with Crippen molar-refractivity contribution in [2.45, 2.75) is 13.8 Å². The third kappa shape index (κ3) is 9.40. The average molecular weight is 773 g/mol. The van der Waals surface area contributed by atoms with Crippen molar-refractivity contribution in [1.29, 1.82) is 0 Å². The molecule has 8 aromatic rings. The molecule has 6 aromatic carbocycles. The van der Waals surface area contributed by atoms with Gasteiger partial charge in [-0.15, -0.1) is 0 Å². The van der Waals surface area contributed by atoms with Crippen LogP contribution in [0.3, 0.4) is 0 Å². The van der Waals surface area contributed by atoms with Gasteiger partial charge in [-0.3, -0.25) is 0 Å². The number of nitrogens with two attached hydrogens (primary N) is 1. The van der Waals surface area contributed by atoms with Gasteiger partial charge in [-0.1, -0.05) is 151 Å². The highest BCUT2D eigenvalue weighted by atomic mass is 16.3. The lowest BCUT2D eigenvalue weighted by Crippen LogP contribution is -2.01. The summed E-state index contributed by atoms with van der Waals surface area (Å²) in [6.07, 6.45) is 0. The summed E-state index contributed by atoms with van der Waals surface area (Å²) < 4.78 is 0. The highest BCUT2D eigenvalue weighted by Gasteiger charge is 2.18. The zero-order valence-corrected chi connectivity index (χ0v) is 32.4. The second-order valence-electron chi connectivity index (χ2n) is 13.7. The van der Waals surface area contributed by atoms with Crippen LogP contribution >= 0.6 is 0 Å². The molecule has 8 rings (SSSR count). The maximum atomic E-state index is 11.0. The van der Waals surface area contributed by atoms with Crippen molar-refractivity contribution in [3.63, 3.8) is 0 Å². The Kier molecular flexibility index (Phi) is 11.7. The number of aromatic hydroxyl groups is 2. The van der Waals surface area contributed by atoms with Gasteiger partial charge in [0.25, 0.3) is 0 Å². The lowest BCUT2D eigenvalue weighted by atomic mass is 10.1. The zero-order valence-electron chi connectivity index (χ0n) is 32.4. The van der Waals surface area contributed by atoms with Crippen LogP contribution in [0, 0.1) is 20.4 Å². The van der Waals surface area contributed by atoms with E-state index in [0.717, 1.165) is 50.3 Å². The Labute approximate surface area is 342 Å². The number of rotatable bonds is 9. The van der Waals surface area contributed by atoms with Crippen LogP contribution in [-0.2, 0) is 0 Å². The molecule has 10 heteroatoms. The fourth-order valence-electron chi connectivity index (χ4n) is 6.00. The van der Waals surface area contributed by atoms with Crippen LogP contribution < -0.4 is 16.4 Å². The van der Waals surface area contributed by atoms with Gasteiger partial charge in [-0.25, -0.2) is 24.8 Å². The Morgan fingerprint density at radius 2 is 0.915 bits per heavy atom. The van der Waals surface area contributed by atoms with Crippen LogP contribution in [0.2, 0.25) is 0 Å². The molecule has 10 nitrogen and oxygen atoms in total. The van der Waals surface area contributed by atoms with Gasteiger partial charge in [0.2, 0.25) is 0 Å². The van der Waals surface area contributed by atoms with Gasteiger partial charge in [0.15, 0.2) is 40.5 Å². The summed E-state index contributed by atoms with van der Waals surface area (Å²) in [5.41, 5.74) is 15.7. The Morgan fingerprint density at radius 3 is 1.29 bits per heavy atom. The van der Waals surface area contributed by atoms with E-state index in [0.29, 0.717) is 46.1 Å². The van der Waals surface area contributed by atoms with Crippen molar-refractivity contribution < 1.29 is 10.2 Å². The third-order valence-corrected chi connectivity index (χ3v) is 9.26. The molecule has 0 atom stereocenters. The SMILES string of the molecule is C=C(N)c1ccc(Nc2nc(-c3ccccc3)nc(-c3ccc(C)cc3)c2O)cc1.[C-]#[N+]c1ccc(Nc2nc(-c3ccccc3)nc(-c3ccc(C)cc3)c2O)cc1. The van der Waals surface area contributed by atoms with Crippen molar-refractivity contribution in [3.05, 3.63) is 192 Å². The second-order valence-corrected chi connectivity index (χ2v) is 13.7. The average Bonchev–Trinajstić information content (AvgIpc) is 3.27. The molecule has 0 amide bonds. The number of aryl methyl sites for hydroxylation is 2. The predicted molar refractivity (Wildman–Crippen MR) is 238 cm³/mol. The molecule has 288 valence electrons. The molecule has 0 unspecified atom stereocenters. The van der Waals surface area contributed by atoms with Crippen LogP contribution in [0.1, 0.15) is 16.7 Å². The maximum absolute atomic E-state index is 11.0.